The lowest BCUT2D eigenvalue weighted by atomic mass is 10.1. The van der Waals surface area contributed by atoms with Gasteiger partial charge in [0.05, 0.1) is 0 Å². The Morgan fingerprint density at radius 3 is 2.73 bits per heavy atom. The van der Waals surface area contributed by atoms with Crippen LogP contribution in [0.15, 0.2) is 47.5 Å². The first kappa shape index (κ1) is 20.3. The molecule has 1 aliphatic rings. The van der Waals surface area contributed by atoms with Crippen LogP contribution in [0, 0.1) is 5.82 Å². The number of hydrogen-bond acceptors (Lipinski definition) is 3. The molecule has 7 heteroatoms. The first-order valence-corrected chi connectivity index (χ1v) is 8.32. The van der Waals surface area contributed by atoms with Crippen LogP contribution in [0.1, 0.15) is 17.5 Å². The first-order chi connectivity index (χ1) is 12.2. The average Bonchev–Trinajstić information content (AvgIpc) is 3.09. The fraction of sp³-hybridized carbons (Fsp3) is 0.316. The summed E-state index contributed by atoms with van der Waals surface area (Å²) < 4.78 is 23.8. The lowest BCUT2D eigenvalue weighted by Crippen LogP contribution is -2.37. The van der Waals surface area contributed by atoms with Crippen LogP contribution in [0.2, 0.25) is 0 Å². The fourth-order valence-corrected chi connectivity index (χ4v) is 2.65. The lowest BCUT2D eigenvalue weighted by molar-refractivity contribution is 0.174. The van der Waals surface area contributed by atoms with Gasteiger partial charge in [-0.25, -0.2) is 4.39 Å². The molecule has 1 heterocycles. The summed E-state index contributed by atoms with van der Waals surface area (Å²) in [5, 5.41) is 6.53. The van der Waals surface area contributed by atoms with Crippen molar-refractivity contribution >= 4 is 29.9 Å². The Bertz CT molecular complexity index is 755. The molecule has 2 N–H and O–H groups in total. The Balaban J connectivity index is 0.00000243. The lowest BCUT2D eigenvalue weighted by Gasteiger charge is -2.12. The van der Waals surface area contributed by atoms with Gasteiger partial charge in [0, 0.05) is 20.1 Å². The molecule has 1 aliphatic heterocycles. The van der Waals surface area contributed by atoms with Gasteiger partial charge in [-0.15, -0.1) is 24.0 Å². The second kappa shape index (κ2) is 10.2. The Labute approximate surface area is 170 Å². The number of guanidine groups is 1. The zero-order chi connectivity index (χ0) is 17.5. The van der Waals surface area contributed by atoms with E-state index in [-0.39, 0.29) is 36.6 Å². The molecule has 0 fully saturated rings. The normalized spacial score (nSPS) is 12.5. The molecule has 0 radical (unpaired) electrons. The number of nitrogens with zero attached hydrogens (tertiary/aromatic N) is 1. The molecular weight excluding hydrogens is 448 g/mol. The van der Waals surface area contributed by atoms with Crippen molar-refractivity contribution in [1.82, 2.24) is 10.6 Å². The number of benzene rings is 2. The minimum Gasteiger partial charge on any atom is -0.454 e. The minimum absolute atomic E-state index is 0. The molecular formula is C19H23FIN3O2. The van der Waals surface area contributed by atoms with E-state index < -0.39 is 0 Å². The van der Waals surface area contributed by atoms with Gasteiger partial charge in [-0.05, 0) is 48.2 Å². The van der Waals surface area contributed by atoms with Gasteiger partial charge in [-0.1, -0.05) is 18.2 Å². The molecule has 2 aromatic carbocycles. The first-order valence-electron chi connectivity index (χ1n) is 8.32. The number of hydrogen-bond donors (Lipinski definition) is 2. The Morgan fingerprint density at radius 2 is 1.92 bits per heavy atom. The van der Waals surface area contributed by atoms with Crippen molar-refractivity contribution in [2.24, 2.45) is 4.99 Å². The predicted octanol–water partition coefficient (Wildman–Crippen LogP) is 3.47. The molecule has 5 nitrogen and oxygen atoms in total. The molecule has 0 bridgehead atoms. The molecule has 0 aliphatic carbocycles. The van der Waals surface area contributed by atoms with Crippen molar-refractivity contribution in [1.29, 1.82) is 0 Å². The van der Waals surface area contributed by atoms with Gasteiger partial charge >= 0.3 is 0 Å². The van der Waals surface area contributed by atoms with Crippen LogP contribution in [-0.2, 0) is 13.0 Å². The van der Waals surface area contributed by atoms with Gasteiger partial charge < -0.3 is 20.1 Å². The monoisotopic (exact) mass is 471 g/mol. The van der Waals surface area contributed by atoms with Gasteiger partial charge in [0.15, 0.2) is 17.5 Å². The maximum absolute atomic E-state index is 13.1. The van der Waals surface area contributed by atoms with E-state index in [1.165, 1.54) is 6.07 Å². The summed E-state index contributed by atoms with van der Waals surface area (Å²) in [6.07, 6.45) is 1.72. The minimum atomic E-state index is -0.188. The highest BCUT2D eigenvalue weighted by Gasteiger charge is 2.13. The SMILES string of the molecule is CN=C(NCCCc1cccc(F)c1)NCc1ccc2c(c1)OCO2.I. The maximum Gasteiger partial charge on any atom is 0.231 e. The van der Waals surface area contributed by atoms with Gasteiger partial charge in [-0.2, -0.15) is 0 Å². The molecule has 26 heavy (non-hydrogen) atoms. The summed E-state index contributed by atoms with van der Waals surface area (Å²) in [6, 6.07) is 12.6. The van der Waals surface area contributed by atoms with Crippen molar-refractivity contribution in [2.45, 2.75) is 19.4 Å². The highest BCUT2D eigenvalue weighted by molar-refractivity contribution is 14.0. The number of aryl methyl sites for hydroxylation is 1. The van der Waals surface area contributed by atoms with Crippen LogP contribution in [0.5, 0.6) is 11.5 Å². The smallest absolute Gasteiger partial charge is 0.231 e. The summed E-state index contributed by atoms with van der Waals surface area (Å²) in [5.74, 6) is 2.10. The largest absolute Gasteiger partial charge is 0.454 e. The molecule has 0 saturated carbocycles. The standard InChI is InChI=1S/C19H22FN3O2.HI/c1-21-19(22-9-3-5-14-4-2-6-16(20)10-14)23-12-15-7-8-17-18(11-15)25-13-24-17;/h2,4,6-8,10-11H,3,5,9,12-13H2,1H3,(H2,21,22,23);1H. The second-order valence-corrected chi connectivity index (χ2v) is 5.77. The summed E-state index contributed by atoms with van der Waals surface area (Å²) in [4.78, 5) is 4.21. The van der Waals surface area contributed by atoms with Gasteiger partial charge in [0.2, 0.25) is 6.79 Å². The Kier molecular flexibility index (Phi) is 7.96. The highest BCUT2D eigenvalue weighted by Crippen LogP contribution is 2.32. The summed E-state index contributed by atoms with van der Waals surface area (Å²) in [6.45, 7) is 1.68. The van der Waals surface area contributed by atoms with E-state index in [4.69, 9.17) is 9.47 Å². The van der Waals surface area contributed by atoms with Crippen molar-refractivity contribution in [3.63, 3.8) is 0 Å². The van der Waals surface area contributed by atoms with E-state index in [1.54, 1.807) is 19.2 Å². The molecule has 0 saturated heterocycles. The molecule has 0 atom stereocenters. The molecule has 2 aromatic rings. The summed E-state index contributed by atoms with van der Waals surface area (Å²) in [5.41, 5.74) is 2.09. The number of fused-ring (bicyclic) bond motifs is 1. The van der Waals surface area contributed by atoms with Crippen LogP contribution in [0.3, 0.4) is 0 Å². The third-order valence-electron chi connectivity index (χ3n) is 3.94. The molecule has 3 rings (SSSR count). The Hall–Kier alpha value is -2.03. The third kappa shape index (κ3) is 5.76. The van der Waals surface area contributed by atoms with Crippen molar-refractivity contribution in [3.8, 4) is 11.5 Å². The summed E-state index contributed by atoms with van der Waals surface area (Å²) in [7, 11) is 1.74. The topological polar surface area (TPSA) is 54.9 Å². The van der Waals surface area contributed by atoms with Crippen molar-refractivity contribution in [2.75, 3.05) is 20.4 Å². The van der Waals surface area contributed by atoms with Gasteiger partial charge in [-0.3, -0.25) is 4.99 Å². The maximum atomic E-state index is 13.1. The summed E-state index contributed by atoms with van der Waals surface area (Å²) >= 11 is 0. The zero-order valence-electron chi connectivity index (χ0n) is 14.6. The fourth-order valence-electron chi connectivity index (χ4n) is 2.65. The number of nitrogens with one attached hydrogen (secondary N) is 2. The van der Waals surface area contributed by atoms with Gasteiger partial charge in [0.25, 0.3) is 0 Å². The molecule has 140 valence electrons. The average molecular weight is 471 g/mol. The highest BCUT2D eigenvalue weighted by atomic mass is 127. The van der Waals surface area contributed by atoms with Crippen LogP contribution < -0.4 is 20.1 Å². The van der Waals surface area contributed by atoms with Crippen LogP contribution in [0.4, 0.5) is 4.39 Å². The molecule has 0 spiro atoms. The van der Waals surface area contributed by atoms with E-state index >= 15 is 0 Å². The van der Waals surface area contributed by atoms with Crippen molar-refractivity contribution < 1.29 is 13.9 Å². The third-order valence-corrected chi connectivity index (χ3v) is 3.94. The zero-order valence-corrected chi connectivity index (χ0v) is 17.0. The Morgan fingerprint density at radius 1 is 1.08 bits per heavy atom. The van der Waals surface area contributed by atoms with Crippen molar-refractivity contribution in [3.05, 3.63) is 59.4 Å². The van der Waals surface area contributed by atoms with E-state index in [1.807, 2.05) is 24.3 Å². The van der Waals surface area contributed by atoms with E-state index in [9.17, 15) is 4.39 Å². The molecule has 0 amide bonds. The predicted molar refractivity (Wildman–Crippen MR) is 111 cm³/mol. The number of rotatable bonds is 6. The van der Waals surface area contributed by atoms with E-state index in [0.29, 0.717) is 6.54 Å². The van der Waals surface area contributed by atoms with E-state index in [0.717, 1.165) is 48.0 Å². The van der Waals surface area contributed by atoms with Crippen LogP contribution >= 0.6 is 24.0 Å². The van der Waals surface area contributed by atoms with Crippen LogP contribution in [0.25, 0.3) is 0 Å². The molecule has 0 unspecified atom stereocenters. The van der Waals surface area contributed by atoms with Crippen LogP contribution in [-0.4, -0.2) is 26.3 Å². The number of aliphatic imine (C=N–C) groups is 1. The van der Waals surface area contributed by atoms with E-state index in [2.05, 4.69) is 15.6 Å². The quantitative estimate of drug-likeness (QED) is 0.293. The number of ether oxygens (including phenoxy) is 2. The number of halogens is 2. The van der Waals surface area contributed by atoms with Gasteiger partial charge in [0.1, 0.15) is 5.82 Å². The second-order valence-electron chi connectivity index (χ2n) is 5.77. The molecule has 0 aromatic heterocycles.